The summed E-state index contributed by atoms with van der Waals surface area (Å²) in [6.45, 7) is 3.92. The second-order valence-corrected chi connectivity index (χ2v) is 6.13. The van der Waals surface area contributed by atoms with Gasteiger partial charge in [-0.2, -0.15) is 0 Å². The van der Waals surface area contributed by atoms with E-state index in [0.717, 1.165) is 11.3 Å². The summed E-state index contributed by atoms with van der Waals surface area (Å²) in [5.41, 5.74) is 3.89. The second kappa shape index (κ2) is 7.32. The lowest BCUT2D eigenvalue weighted by atomic mass is 10.2. The van der Waals surface area contributed by atoms with Crippen molar-refractivity contribution in [2.24, 2.45) is 0 Å². The van der Waals surface area contributed by atoms with Crippen LogP contribution in [0.2, 0.25) is 5.02 Å². The lowest BCUT2D eigenvalue weighted by Gasteiger charge is -2.09. The Morgan fingerprint density at radius 1 is 1.00 bits per heavy atom. The van der Waals surface area contributed by atoms with Crippen molar-refractivity contribution in [3.8, 4) is 0 Å². The van der Waals surface area contributed by atoms with Gasteiger partial charge in [0.1, 0.15) is 11.5 Å². The Bertz CT molecular complexity index is 892. The third kappa shape index (κ3) is 4.33. The summed E-state index contributed by atoms with van der Waals surface area (Å²) in [5.74, 6) is 0.235. The zero-order valence-electron chi connectivity index (χ0n) is 13.9. The molecule has 0 spiro atoms. The van der Waals surface area contributed by atoms with E-state index in [1.54, 1.807) is 12.1 Å². The summed E-state index contributed by atoms with van der Waals surface area (Å²) >= 11 is 5.97. The van der Waals surface area contributed by atoms with Gasteiger partial charge in [0.05, 0.1) is 12.4 Å². The van der Waals surface area contributed by atoms with Crippen molar-refractivity contribution >= 4 is 34.7 Å². The van der Waals surface area contributed by atoms with Gasteiger partial charge in [-0.05, 0) is 43.7 Å². The minimum atomic E-state index is -0.334. The van der Waals surface area contributed by atoms with Crippen LogP contribution in [0.4, 0.5) is 17.2 Å². The molecule has 0 saturated heterocycles. The molecule has 1 heterocycles. The third-order valence-corrected chi connectivity index (χ3v) is 3.89. The Kier molecular flexibility index (Phi) is 4.95. The number of halogens is 1. The molecule has 5 nitrogen and oxygen atoms in total. The number of aryl methyl sites for hydroxylation is 2. The maximum atomic E-state index is 12.3. The van der Waals surface area contributed by atoms with Crippen molar-refractivity contribution in [1.29, 1.82) is 0 Å². The number of benzene rings is 2. The first-order valence-corrected chi connectivity index (χ1v) is 8.12. The van der Waals surface area contributed by atoms with Gasteiger partial charge in [0.25, 0.3) is 5.91 Å². The highest BCUT2D eigenvalue weighted by molar-refractivity contribution is 6.31. The molecule has 0 unspecified atom stereocenters. The van der Waals surface area contributed by atoms with Gasteiger partial charge in [-0.25, -0.2) is 9.97 Å². The molecule has 2 N–H and O–H groups in total. The van der Waals surface area contributed by atoms with E-state index in [-0.39, 0.29) is 11.6 Å². The molecule has 1 aromatic heterocycles. The molecule has 0 saturated carbocycles. The van der Waals surface area contributed by atoms with Crippen LogP contribution < -0.4 is 10.6 Å². The number of carbonyl (C=O) groups is 1. The molecule has 6 heteroatoms. The summed E-state index contributed by atoms with van der Waals surface area (Å²) in [7, 11) is 0. The first-order valence-electron chi connectivity index (χ1n) is 7.74. The fourth-order valence-corrected chi connectivity index (χ4v) is 2.38. The molecular formula is C19H17ClN4O. The van der Waals surface area contributed by atoms with E-state index in [2.05, 4.69) is 20.6 Å². The lowest BCUT2D eigenvalue weighted by Crippen LogP contribution is -2.15. The Morgan fingerprint density at radius 2 is 1.76 bits per heavy atom. The van der Waals surface area contributed by atoms with Crippen LogP contribution >= 0.6 is 11.6 Å². The molecular weight excluding hydrogens is 336 g/mol. The van der Waals surface area contributed by atoms with Crippen LogP contribution in [-0.2, 0) is 0 Å². The molecule has 3 rings (SSSR count). The SMILES string of the molecule is Cc1ccc(Nc2cnc(C(=O)Nc3cc(Cl)ccc3C)cn2)cc1. The van der Waals surface area contributed by atoms with Crippen LogP contribution in [0.5, 0.6) is 0 Å². The fraction of sp³-hybridized carbons (Fsp3) is 0.105. The molecule has 0 radical (unpaired) electrons. The fourth-order valence-electron chi connectivity index (χ4n) is 2.21. The number of nitrogens with zero attached hydrogens (tertiary/aromatic N) is 2. The summed E-state index contributed by atoms with van der Waals surface area (Å²) in [4.78, 5) is 20.7. The van der Waals surface area contributed by atoms with Crippen molar-refractivity contribution in [3.63, 3.8) is 0 Å². The zero-order chi connectivity index (χ0) is 17.8. The van der Waals surface area contributed by atoms with E-state index in [1.165, 1.54) is 18.0 Å². The number of rotatable bonds is 4. The van der Waals surface area contributed by atoms with E-state index in [1.807, 2.05) is 44.2 Å². The minimum Gasteiger partial charge on any atom is -0.339 e. The average Bonchev–Trinajstić information content (AvgIpc) is 2.61. The lowest BCUT2D eigenvalue weighted by molar-refractivity contribution is 0.102. The zero-order valence-corrected chi connectivity index (χ0v) is 14.6. The normalized spacial score (nSPS) is 10.4. The van der Waals surface area contributed by atoms with Gasteiger partial charge in [0, 0.05) is 16.4 Å². The van der Waals surface area contributed by atoms with Gasteiger partial charge < -0.3 is 10.6 Å². The van der Waals surface area contributed by atoms with E-state index >= 15 is 0 Å². The second-order valence-electron chi connectivity index (χ2n) is 5.69. The Labute approximate surface area is 151 Å². The number of nitrogens with one attached hydrogen (secondary N) is 2. The topological polar surface area (TPSA) is 66.9 Å². The maximum absolute atomic E-state index is 12.3. The monoisotopic (exact) mass is 352 g/mol. The molecule has 126 valence electrons. The van der Waals surface area contributed by atoms with Gasteiger partial charge in [-0.15, -0.1) is 0 Å². The quantitative estimate of drug-likeness (QED) is 0.711. The van der Waals surface area contributed by atoms with Crippen molar-refractivity contribution < 1.29 is 4.79 Å². The summed E-state index contributed by atoms with van der Waals surface area (Å²) in [6.07, 6.45) is 2.96. The Balaban J connectivity index is 1.70. The summed E-state index contributed by atoms with van der Waals surface area (Å²) < 4.78 is 0. The predicted molar refractivity (Wildman–Crippen MR) is 101 cm³/mol. The van der Waals surface area contributed by atoms with E-state index < -0.39 is 0 Å². The van der Waals surface area contributed by atoms with Gasteiger partial charge in [-0.3, -0.25) is 4.79 Å². The van der Waals surface area contributed by atoms with Gasteiger partial charge in [0.15, 0.2) is 0 Å². The van der Waals surface area contributed by atoms with Crippen LogP contribution in [0.15, 0.2) is 54.9 Å². The number of carbonyl (C=O) groups excluding carboxylic acids is 1. The molecule has 0 bridgehead atoms. The van der Waals surface area contributed by atoms with Crippen LogP contribution in [0.1, 0.15) is 21.6 Å². The third-order valence-electron chi connectivity index (χ3n) is 3.66. The summed E-state index contributed by atoms with van der Waals surface area (Å²) in [6, 6.07) is 13.3. The van der Waals surface area contributed by atoms with Gasteiger partial charge >= 0.3 is 0 Å². The molecule has 0 aliphatic rings. The van der Waals surface area contributed by atoms with Crippen molar-refractivity contribution in [2.75, 3.05) is 10.6 Å². The molecule has 0 fully saturated rings. The predicted octanol–water partition coefficient (Wildman–Crippen LogP) is 4.74. The number of hydrogen-bond acceptors (Lipinski definition) is 4. The highest BCUT2D eigenvalue weighted by atomic mass is 35.5. The Morgan fingerprint density at radius 3 is 2.44 bits per heavy atom. The number of aromatic nitrogens is 2. The number of anilines is 3. The van der Waals surface area contributed by atoms with E-state index in [4.69, 9.17) is 11.6 Å². The van der Waals surface area contributed by atoms with Gasteiger partial charge in [-0.1, -0.05) is 35.4 Å². The number of amides is 1. The van der Waals surface area contributed by atoms with E-state index in [0.29, 0.717) is 16.5 Å². The van der Waals surface area contributed by atoms with Gasteiger partial charge in [0.2, 0.25) is 0 Å². The van der Waals surface area contributed by atoms with Crippen LogP contribution in [0.25, 0.3) is 0 Å². The highest BCUT2D eigenvalue weighted by Crippen LogP contribution is 2.21. The molecule has 0 atom stereocenters. The van der Waals surface area contributed by atoms with Crippen molar-refractivity contribution in [2.45, 2.75) is 13.8 Å². The number of hydrogen-bond donors (Lipinski definition) is 2. The molecule has 0 aliphatic heterocycles. The van der Waals surface area contributed by atoms with Crippen LogP contribution in [0, 0.1) is 13.8 Å². The van der Waals surface area contributed by atoms with Crippen molar-refractivity contribution in [3.05, 3.63) is 76.7 Å². The molecule has 25 heavy (non-hydrogen) atoms. The standard InChI is InChI=1S/C19H17ClN4O/c1-12-3-7-15(8-4-12)23-18-11-21-17(10-22-18)19(25)24-16-9-14(20)6-5-13(16)2/h3-11H,1-2H3,(H,22,23)(H,24,25). The average molecular weight is 353 g/mol. The molecule has 3 aromatic rings. The molecule has 1 amide bonds. The minimum absolute atomic E-state index is 0.230. The maximum Gasteiger partial charge on any atom is 0.275 e. The van der Waals surface area contributed by atoms with Crippen molar-refractivity contribution in [1.82, 2.24) is 9.97 Å². The Hall–Kier alpha value is -2.92. The largest absolute Gasteiger partial charge is 0.339 e. The smallest absolute Gasteiger partial charge is 0.275 e. The van der Waals surface area contributed by atoms with Crippen LogP contribution in [0.3, 0.4) is 0 Å². The molecule has 0 aliphatic carbocycles. The first-order chi connectivity index (χ1) is 12.0. The highest BCUT2D eigenvalue weighted by Gasteiger charge is 2.10. The summed E-state index contributed by atoms with van der Waals surface area (Å²) in [5, 5.41) is 6.50. The first kappa shape index (κ1) is 16.9. The van der Waals surface area contributed by atoms with E-state index in [9.17, 15) is 4.79 Å². The van der Waals surface area contributed by atoms with Crippen LogP contribution in [-0.4, -0.2) is 15.9 Å². The molecule has 2 aromatic carbocycles.